The van der Waals surface area contributed by atoms with Crippen LogP contribution in [0.4, 0.5) is 0 Å². The van der Waals surface area contributed by atoms with Crippen LogP contribution >= 0.6 is 0 Å². The summed E-state index contributed by atoms with van der Waals surface area (Å²) in [5.41, 5.74) is 1.44. The zero-order chi connectivity index (χ0) is 9.52. The summed E-state index contributed by atoms with van der Waals surface area (Å²) in [6, 6.07) is 0. The van der Waals surface area contributed by atoms with E-state index in [1.165, 1.54) is 44.5 Å². The molecule has 1 aliphatic rings. The molecule has 0 aromatic carbocycles. The average Bonchev–Trinajstić information content (AvgIpc) is 2.19. The number of hydrogen-bond acceptors (Lipinski definition) is 1. The lowest BCUT2D eigenvalue weighted by atomic mass is 10.1. The van der Waals surface area contributed by atoms with Gasteiger partial charge in [-0.3, -0.25) is 0 Å². The van der Waals surface area contributed by atoms with Crippen LogP contribution in [0.15, 0.2) is 23.9 Å². The van der Waals surface area contributed by atoms with Gasteiger partial charge >= 0.3 is 0 Å². The molecule has 0 saturated heterocycles. The second-order valence-corrected chi connectivity index (χ2v) is 3.60. The maximum absolute atomic E-state index is 2.50. The lowest BCUT2D eigenvalue weighted by Crippen LogP contribution is -2.24. The van der Waals surface area contributed by atoms with Crippen LogP contribution in [0.1, 0.15) is 39.5 Å². The minimum Gasteiger partial charge on any atom is -0.372 e. The van der Waals surface area contributed by atoms with E-state index in [4.69, 9.17) is 0 Å². The normalized spacial score (nSPS) is 15.7. The molecule has 0 fully saturated rings. The van der Waals surface area contributed by atoms with Crippen molar-refractivity contribution in [2.45, 2.75) is 39.5 Å². The van der Waals surface area contributed by atoms with Crippen LogP contribution in [0.25, 0.3) is 0 Å². The molecule has 1 nitrogen and oxygen atoms in total. The first kappa shape index (κ1) is 10.4. The Bertz CT molecular complexity index is 185. The van der Waals surface area contributed by atoms with Crippen LogP contribution < -0.4 is 0 Å². The fourth-order valence-electron chi connectivity index (χ4n) is 1.74. The van der Waals surface area contributed by atoms with Crippen molar-refractivity contribution in [3.05, 3.63) is 23.9 Å². The Labute approximate surface area is 82.1 Å². The minimum atomic E-state index is 1.20. The Hall–Kier alpha value is -0.720. The highest BCUT2D eigenvalue weighted by atomic mass is 15.1. The molecule has 13 heavy (non-hydrogen) atoms. The molecule has 74 valence electrons. The SMILES string of the molecule is CCCN(CCC)C1=CCCC=C1. The van der Waals surface area contributed by atoms with E-state index in [-0.39, 0.29) is 0 Å². The molecule has 0 aromatic heterocycles. The molecule has 0 heterocycles. The van der Waals surface area contributed by atoms with Crippen LogP contribution in [-0.4, -0.2) is 18.0 Å². The highest BCUT2D eigenvalue weighted by molar-refractivity contribution is 5.21. The third-order valence-electron chi connectivity index (χ3n) is 2.33. The number of hydrogen-bond donors (Lipinski definition) is 0. The van der Waals surface area contributed by atoms with Gasteiger partial charge in [0.1, 0.15) is 0 Å². The highest BCUT2D eigenvalue weighted by Gasteiger charge is 2.05. The Morgan fingerprint density at radius 2 is 1.85 bits per heavy atom. The third-order valence-corrected chi connectivity index (χ3v) is 2.33. The number of nitrogens with zero attached hydrogens (tertiary/aromatic N) is 1. The van der Waals surface area contributed by atoms with Gasteiger partial charge in [-0.1, -0.05) is 26.0 Å². The van der Waals surface area contributed by atoms with Crippen molar-refractivity contribution in [1.82, 2.24) is 4.90 Å². The minimum absolute atomic E-state index is 1.20. The lowest BCUT2D eigenvalue weighted by molar-refractivity contribution is 0.352. The van der Waals surface area contributed by atoms with Crippen LogP contribution in [-0.2, 0) is 0 Å². The van der Waals surface area contributed by atoms with Crippen molar-refractivity contribution in [2.24, 2.45) is 0 Å². The molecule has 1 heteroatoms. The summed E-state index contributed by atoms with van der Waals surface area (Å²) in [4.78, 5) is 2.50. The number of allylic oxidation sites excluding steroid dienone is 3. The summed E-state index contributed by atoms with van der Waals surface area (Å²) in [6.45, 7) is 6.89. The lowest BCUT2D eigenvalue weighted by Gasteiger charge is -2.26. The van der Waals surface area contributed by atoms with Crippen molar-refractivity contribution in [3.8, 4) is 0 Å². The summed E-state index contributed by atoms with van der Waals surface area (Å²) < 4.78 is 0. The van der Waals surface area contributed by atoms with E-state index in [1.54, 1.807) is 0 Å². The molecule has 1 rings (SSSR count). The average molecular weight is 179 g/mol. The van der Waals surface area contributed by atoms with Gasteiger partial charge in [0, 0.05) is 18.8 Å². The molecule has 0 atom stereocenters. The molecule has 0 saturated carbocycles. The maximum atomic E-state index is 2.50. The molecule has 0 aliphatic heterocycles. The standard InChI is InChI=1S/C12H21N/c1-3-10-13(11-4-2)12-8-6-5-7-9-12/h6,8-9H,3-5,7,10-11H2,1-2H3. The van der Waals surface area contributed by atoms with Crippen LogP contribution in [0.5, 0.6) is 0 Å². The third kappa shape index (κ3) is 3.25. The van der Waals surface area contributed by atoms with Gasteiger partial charge in [0.2, 0.25) is 0 Å². The molecule has 0 N–H and O–H groups in total. The van der Waals surface area contributed by atoms with E-state index in [0.717, 1.165) is 0 Å². The Morgan fingerprint density at radius 3 is 2.31 bits per heavy atom. The summed E-state index contributed by atoms with van der Waals surface area (Å²) >= 11 is 0. The van der Waals surface area contributed by atoms with Gasteiger partial charge in [-0.25, -0.2) is 0 Å². The van der Waals surface area contributed by atoms with Crippen LogP contribution in [0, 0.1) is 0 Å². The quantitative estimate of drug-likeness (QED) is 0.625. The second-order valence-electron chi connectivity index (χ2n) is 3.60. The van der Waals surface area contributed by atoms with Gasteiger partial charge in [0.05, 0.1) is 0 Å². The van der Waals surface area contributed by atoms with Crippen LogP contribution in [0.3, 0.4) is 0 Å². The largest absolute Gasteiger partial charge is 0.372 e. The summed E-state index contributed by atoms with van der Waals surface area (Å²) in [6.07, 6.45) is 11.8. The fraction of sp³-hybridized carbons (Fsp3) is 0.667. The van der Waals surface area contributed by atoms with Gasteiger partial charge in [0.15, 0.2) is 0 Å². The summed E-state index contributed by atoms with van der Waals surface area (Å²) in [5.74, 6) is 0. The van der Waals surface area contributed by atoms with E-state index >= 15 is 0 Å². The molecule has 0 radical (unpaired) electrons. The molecule has 0 aromatic rings. The first-order valence-electron chi connectivity index (χ1n) is 5.50. The van der Waals surface area contributed by atoms with Gasteiger partial charge < -0.3 is 4.90 Å². The van der Waals surface area contributed by atoms with E-state index < -0.39 is 0 Å². The summed E-state index contributed by atoms with van der Waals surface area (Å²) in [7, 11) is 0. The van der Waals surface area contributed by atoms with Gasteiger partial charge in [-0.15, -0.1) is 0 Å². The summed E-state index contributed by atoms with van der Waals surface area (Å²) in [5, 5.41) is 0. The maximum Gasteiger partial charge on any atom is 0.0322 e. The van der Waals surface area contributed by atoms with Crippen molar-refractivity contribution < 1.29 is 0 Å². The molecule has 0 bridgehead atoms. The molecule has 0 spiro atoms. The molecular weight excluding hydrogens is 158 g/mol. The fourth-order valence-corrected chi connectivity index (χ4v) is 1.74. The second kappa shape index (κ2) is 5.85. The monoisotopic (exact) mass is 179 g/mol. The van der Waals surface area contributed by atoms with Crippen molar-refractivity contribution in [1.29, 1.82) is 0 Å². The van der Waals surface area contributed by atoms with Gasteiger partial charge in [-0.2, -0.15) is 0 Å². The van der Waals surface area contributed by atoms with E-state index in [0.29, 0.717) is 0 Å². The predicted molar refractivity (Wildman–Crippen MR) is 58.6 cm³/mol. The highest BCUT2D eigenvalue weighted by Crippen LogP contribution is 2.14. The molecule has 1 aliphatic carbocycles. The van der Waals surface area contributed by atoms with Gasteiger partial charge in [0.25, 0.3) is 0 Å². The number of rotatable bonds is 5. The van der Waals surface area contributed by atoms with Gasteiger partial charge in [-0.05, 0) is 31.8 Å². The Balaban J connectivity index is 2.51. The van der Waals surface area contributed by atoms with E-state index in [2.05, 4.69) is 37.0 Å². The topological polar surface area (TPSA) is 3.24 Å². The van der Waals surface area contributed by atoms with Crippen molar-refractivity contribution in [2.75, 3.05) is 13.1 Å². The molecular formula is C12H21N. The molecule has 0 unspecified atom stereocenters. The van der Waals surface area contributed by atoms with Crippen LogP contribution in [0.2, 0.25) is 0 Å². The Morgan fingerprint density at radius 1 is 1.15 bits per heavy atom. The first-order chi connectivity index (χ1) is 6.38. The zero-order valence-electron chi connectivity index (χ0n) is 8.92. The van der Waals surface area contributed by atoms with Crippen molar-refractivity contribution in [3.63, 3.8) is 0 Å². The van der Waals surface area contributed by atoms with E-state index in [1.807, 2.05) is 0 Å². The first-order valence-corrected chi connectivity index (χ1v) is 5.50. The Kier molecular flexibility index (Phi) is 4.66. The predicted octanol–water partition coefficient (Wildman–Crippen LogP) is 3.34. The van der Waals surface area contributed by atoms with E-state index in [9.17, 15) is 0 Å². The smallest absolute Gasteiger partial charge is 0.0322 e. The van der Waals surface area contributed by atoms with Crippen molar-refractivity contribution >= 4 is 0 Å². The zero-order valence-corrected chi connectivity index (χ0v) is 8.92. The molecule has 0 amide bonds.